The molecule has 0 atom stereocenters. The molecule has 2 N–H and O–H groups in total. The van der Waals surface area contributed by atoms with Gasteiger partial charge in [0.05, 0.1) is 24.5 Å². The van der Waals surface area contributed by atoms with Gasteiger partial charge in [0.1, 0.15) is 0 Å². The van der Waals surface area contributed by atoms with Crippen molar-refractivity contribution in [2.45, 2.75) is 18.9 Å². The van der Waals surface area contributed by atoms with Gasteiger partial charge in [-0.05, 0) is 31.0 Å². The summed E-state index contributed by atoms with van der Waals surface area (Å²) in [7, 11) is 3.12. The summed E-state index contributed by atoms with van der Waals surface area (Å²) < 4.78 is 10.2. The predicted molar refractivity (Wildman–Crippen MR) is 74.4 cm³/mol. The number of hydrogen-bond acceptors (Lipinski definition) is 5. The molecule has 1 aromatic carbocycles. The molecule has 0 spiro atoms. The zero-order valence-corrected chi connectivity index (χ0v) is 11.4. The summed E-state index contributed by atoms with van der Waals surface area (Å²) in [5.74, 6) is -0.351. The molecular weight excluding hydrogens is 244 g/mol. The standard InChI is InChI=1S/C14H20N2O3/c1-18-11-5-7-16(8-6-11)13-4-3-10(15)9-12(13)14(17)19-2/h3-4,9,11H,5-8,15H2,1-2H3. The predicted octanol–water partition coefficient (Wildman–Crippen LogP) is 1.67. The van der Waals surface area contributed by atoms with Gasteiger partial charge in [-0.1, -0.05) is 0 Å². The van der Waals surface area contributed by atoms with E-state index in [9.17, 15) is 4.79 Å². The van der Waals surface area contributed by atoms with E-state index in [0.29, 0.717) is 17.4 Å². The zero-order valence-electron chi connectivity index (χ0n) is 11.4. The van der Waals surface area contributed by atoms with Gasteiger partial charge < -0.3 is 20.1 Å². The maximum Gasteiger partial charge on any atom is 0.340 e. The van der Waals surface area contributed by atoms with Crippen molar-refractivity contribution in [2.75, 3.05) is 37.9 Å². The Morgan fingerprint density at radius 3 is 2.58 bits per heavy atom. The van der Waals surface area contributed by atoms with E-state index in [1.807, 2.05) is 12.1 Å². The Balaban J connectivity index is 2.22. The van der Waals surface area contributed by atoms with Gasteiger partial charge in [0.15, 0.2) is 0 Å². The Labute approximate surface area is 113 Å². The second-order valence-electron chi connectivity index (χ2n) is 4.69. The van der Waals surface area contributed by atoms with Crippen molar-refractivity contribution in [1.29, 1.82) is 0 Å². The van der Waals surface area contributed by atoms with E-state index in [1.165, 1.54) is 7.11 Å². The summed E-state index contributed by atoms with van der Waals surface area (Å²) in [6.45, 7) is 1.73. The highest BCUT2D eigenvalue weighted by Gasteiger charge is 2.23. The van der Waals surface area contributed by atoms with E-state index < -0.39 is 0 Å². The van der Waals surface area contributed by atoms with Crippen LogP contribution in [0.5, 0.6) is 0 Å². The van der Waals surface area contributed by atoms with Gasteiger partial charge in [-0.3, -0.25) is 0 Å². The molecule has 0 saturated carbocycles. The number of piperidine rings is 1. The van der Waals surface area contributed by atoms with E-state index in [4.69, 9.17) is 15.2 Å². The average molecular weight is 264 g/mol. The smallest absolute Gasteiger partial charge is 0.340 e. The number of benzene rings is 1. The molecule has 0 unspecified atom stereocenters. The third-order valence-corrected chi connectivity index (χ3v) is 3.54. The first-order valence-corrected chi connectivity index (χ1v) is 6.41. The zero-order chi connectivity index (χ0) is 13.8. The lowest BCUT2D eigenvalue weighted by Crippen LogP contribution is -2.37. The summed E-state index contributed by atoms with van der Waals surface area (Å²) in [5, 5.41) is 0. The van der Waals surface area contributed by atoms with Crippen molar-refractivity contribution >= 4 is 17.3 Å². The van der Waals surface area contributed by atoms with Crippen LogP contribution in [-0.2, 0) is 9.47 Å². The number of ether oxygens (including phenoxy) is 2. The molecule has 5 heteroatoms. The third kappa shape index (κ3) is 2.98. The van der Waals surface area contributed by atoms with Crippen molar-refractivity contribution in [2.24, 2.45) is 0 Å². The highest BCUT2D eigenvalue weighted by Crippen LogP contribution is 2.27. The molecule has 2 rings (SSSR count). The quantitative estimate of drug-likeness (QED) is 0.664. The number of esters is 1. The summed E-state index contributed by atoms with van der Waals surface area (Å²) in [5.41, 5.74) is 7.72. The van der Waals surface area contributed by atoms with E-state index in [1.54, 1.807) is 13.2 Å². The lowest BCUT2D eigenvalue weighted by atomic mass is 10.0. The summed E-state index contributed by atoms with van der Waals surface area (Å²) in [4.78, 5) is 14.0. The SMILES string of the molecule is COC(=O)c1cc(N)ccc1N1CCC(OC)CC1. The van der Waals surface area contributed by atoms with Crippen molar-refractivity contribution in [1.82, 2.24) is 0 Å². The van der Waals surface area contributed by atoms with Crippen molar-refractivity contribution < 1.29 is 14.3 Å². The molecule has 0 radical (unpaired) electrons. The second kappa shape index (κ2) is 5.93. The van der Waals surface area contributed by atoms with Crippen LogP contribution < -0.4 is 10.6 Å². The fourth-order valence-electron chi connectivity index (χ4n) is 2.44. The third-order valence-electron chi connectivity index (χ3n) is 3.54. The number of carbonyl (C=O) groups excluding carboxylic acids is 1. The number of anilines is 2. The summed E-state index contributed by atoms with van der Waals surface area (Å²) in [6.07, 6.45) is 2.23. The molecule has 5 nitrogen and oxygen atoms in total. The van der Waals surface area contributed by atoms with Crippen molar-refractivity contribution in [3.63, 3.8) is 0 Å². The summed E-state index contributed by atoms with van der Waals surface area (Å²) >= 11 is 0. The Morgan fingerprint density at radius 2 is 2.00 bits per heavy atom. The molecule has 104 valence electrons. The number of nitrogens with zero attached hydrogens (tertiary/aromatic N) is 1. The number of nitrogen functional groups attached to an aromatic ring is 1. The van der Waals surface area contributed by atoms with Crippen LogP contribution in [-0.4, -0.2) is 39.4 Å². The van der Waals surface area contributed by atoms with Gasteiger partial charge >= 0.3 is 5.97 Å². The maximum atomic E-state index is 11.8. The van der Waals surface area contributed by atoms with E-state index in [0.717, 1.165) is 31.6 Å². The Kier molecular flexibility index (Phi) is 4.27. The van der Waals surface area contributed by atoms with Gasteiger partial charge in [0.2, 0.25) is 0 Å². The van der Waals surface area contributed by atoms with Crippen LogP contribution >= 0.6 is 0 Å². The van der Waals surface area contributed by atoms with E-state index >= 15 is 0 Å². The van der Waals surface area contributed by atoms with Gasteiger partial charge in [-0.25, -0.2) is 4.79 Å². The molecule has 1 aliphatic heterocycles. The lowest BCUT2D eigenvalue weighted by Gasteiger charge is -2.33. The Hall–Kier alpha value is -1.75. The largest absolute Gasteiger partial charge is 0.465 e. The minimum absolute atomic E-state index is 0.312. The fourth-order valence-corrected chi connectivity index (χ4v) is 2.44. The Morgan fingerprint density at radius 1 is 1.32 bits per heavy atom. The molecule has 1 aliphatic rings. The van der Waals surface area contributed by atoms with Gasteiger partial charge in [-0.2, -0.15) is 0 Å². The maximum absolute atomic E-state index is 11.8. The number of methoxy groups -OCH3 is 2. The Bertz CT molecular complexity index is 454. The number of carbonyl (C=O) groups is 1. The topological polar surface area (TPSA) is 64.8 Å². The normalized spacial score (nSPS) is 16.4. The first-order chi connectivity index (χ1) is 9.15. The van der Waals surface area contributed by atoms with Crippen LogP contribution in [0.2, 0.25) is 0 Å². The highest BCUT2D eigenvalue weighted by molar-refractivity contribution is 5.97. The number of rotatable bonds is 3. The number of hydrogen-bond donors (Lipinski definition) is 1. The second-order valence-corrected chi connectivity index (χ2v) is 4.69. The molecule has 0 amide bonds. The van der Waals surface area contributed by atoms with Crippen LogP contribution in [0.4, 0.5) is 11.4 Å². The molecule has 0 aromatic heterocycles. The summed E-state index contributed by atoms with van der Waals surface area (Å²) in [6, 6.07) is 5.36. The minimum Gasteiger partial charge on any atom is -0.465 e. The van der Waals surface area contributed by atoms with E-state index in [2.05, 4.69) is 4.90 Å². The molecule has 1 heterocycles. The molecule has 1 fully saturated rings. The lowest BCUT2D eigenvalue weighted by molar-refractivity contribution is 0.0601. The molecule has 19 heavy (non-hydrogen) atoms. The fraction of sp³-hybridized carbons (Fsp3) is 0.500. The molecule has 0 aliphatic carbocycles. The van der Waals surface area contributed by atoms with Gasteiger partial charge in [-0.15, -0.1) is 0 Å². The minimum atomic E-state index is -0.351. The van der Waals surface area contributed by atoms with Gasteiger partial charge in [0.25, 0.3) is 0 Å². The number of nitrogens with two attached hydrogens (primary N) is 1. The molecule has 1 saturated heterocycles. The van der Waals surface area contributed by atoms with E-state index in [-0.39, 0.29) is 5.97 Å². The van der Waals surface area contributed by atoms with Crippen LogP contribution in [0, 0.1) is 0 Å². The molecule has 0 bridgehead atoms. The first kappa shape index (κ1) is 13.7. The van der Waals surface area contributed by atoms with Crippen molar-refractivity contribution in [3.05, 3.63) is 23.8 Å². The monoisotopic (exact) mass is 264 g/mol. The van der Waals surface area contributed by atoms with Crippen molar-refractivity contribution in [3.8, 4) is 0 Å². The van der Waals surface area contributed by atoms with Crippen LogP contribution in [0.3, 0.4) is 0 Å². The molecular formula is C14H20N2O3. The van der Waals surface area contributed by atoms with Gasteiger partial charge in [0, 0.05) is 25.9 Å². The van der Waals surface area contributed by atoms with Crippen LogP contribution in [0.25, 0.3) is 0 Å². The average Bonchev–Trinajstić information content (AvgIpc) is 2.46. The first-order valence-electron chi connectivity index (χ1n) is 6.41. The molecule has 1 aromatic rings. The van der Waals surface area contributed by atoms with Crippen LogP contribution in [0.15, 0.2) is 18.2 Å². The van der Waals surface area contributed by atoms with Crippen LogP contribution in [0.1, 0.15) is 23.2 Å². The highest BCUT2D eigenvalue weighted by atomic mass is 16.5.